The predicted octanol–water partition coefficient (Wildman–Crippen LogP) is 1.59. The van der Waals surface area contributed by atoms with Crippen LogP contribution >= 0.6 is 12.4 Å². The molecule has 0 radical (unpaired) electrons. The number of nitrogens with one attached hydrogen (secondary N) is 1. The molecule has 1 aromatic rings. The Hall–Kier alpha value is -1.06. The molecule has 0 aliphatic carbocycles. The van der Waals surface area contributed by atoms with E-state index in [0.29, 0.717) is 13.0 Å². The van der Waals surface area contributed by atoms with E-state index in [0.717, 1.165) is 5.56 Å². The standard InChI is InChI=1S/C11H13NO2.ClH/c1-11(6-10(14)7-12-11)8-3-2-4-9(13)5-8;/h2-5,12-13H,6-7H2,1H3;1H. The first-order chi connectivity index (χ1) is 6.60. The lowest BCUT2D eigenvalue weighted by atomic mass is 9.90. The van der Waals surface area contributed by atoms with E-state index in [4.69, 9.17) is 0 Å². The van der Waals surface area contributed by atoms with Crippen LogP contribution in [0.2, 0.25) is 0 Å². The molecule has 1 fully saturated rings. The van der Waals surface area contributed by atoms with Gasteiger partial charge in [0.2, 0.25) is 0 Å². The molecule has 2 rings (SSSR count). The highest BCUT2D eigenvalue weighted by atomic mass is 35.5. The third kappa shape index (κ3) is 2.30. The highest BCUT2D eigenvalue weighted by Gasteiger charge is 2.34. The van der Waals surface area contributed by atoms with Crippen LogP contribution in [0.25, 0.3) is 0 Å². The van der Waals surface area contributed by atoms with E-state index >= 15 is 0 Å². The van der Waals surface area contributed by atoms with Crippen molar-refractivity contribution in [1.29, 1.82) is 0 Å². The lowest BCUT2D eigenvalue weighted by molar-refractivity contribution is -0.116. The summed E-state index contributed by atoms with van der Waals surface area (Å²) in [5.74, 6) is 0.459. The minimum atomic E-state index is -0.310. The van der Waals surface area contributed by atoms with E-state index < -0.39 is 0 Å². The quantitative estimate of drug-likeness (QED) is 0.766. The lowest BCUT2D eigenvalue weighted by Crippen LogP contribution is -2.32. The Kier molecular flexibility index (Phi) is 3.37. The predicted molar refractivity (Wildman–Crippen MR) is 60.3 cm³/mol. The number of phenolic OH excluding ortho intramolecular Hbond substituents is 1. The Balaban J connectivity index is 0.00000112. The number of carbonyl (C=O) groups excluding carboxylic acids is 1. The van der Waals surface area contributed by atoms with Crippen molar-refractivity contribution in [2.75, 3.05) is 6.54 Å². The Morgan fingerprint density at radius 1 is 1.47 bits per heavy atom. The molecule has 1 aliphatic heterocycles. The van der Waals surface area contributed by atoms with Crippen LogP contribution in [0.4, 0.5) is 0 Å². The van der Waals surface area contributed by atoms with E-state index in [1.165, 1.54) is 0 Å². The zero-order valence-electron chi connectivity index (χ0n) is 8.49. The Morgan fingerprint density at radius 3 is 2.73 bits per heavy atom. The molecule has 15 heavy (non-hydrogen) atoms. The maximum atomic E-state index is 11.2. The van der Waals surface area contributed by atoms with Crippen molar-refractivity contribution >= 4 is 18.2 Å². The molecule has 1 aromatic carbocycles. The Labute approximate surface area is 94.9 Å². The molecule has 0 aromatic heterocycles. The SMILES string of the molecule is CC1(c2cccc(O)c2)CC(=O)CN1.Cl. The van der Waals surface area contributed by atoms with Gasteiger partial charge in [-0.15, -0.1) is 12.4 Å². The van der Waals surface area contributed by atoms with Crippen molar-refractivity contribution < 1.29 is 9.90 Å². The molecule has 3 nitrogen and oxygen atoms in total. The molecule has 1 aliphatic rings. The fourth-order valence-corrected chi connectivity index (χ4v) is 1.87. The van der Waals surface area contributed by atoms with Gasteiger partial charge in [-0.25, -0.2) is 0 Å². The minimum absolute atomic E-state index is 0. The van der Waals surface area contributed by atoms with Gasteiger partial charge in [0.05, 0.1) is 6.54 Å². The molecule has 1 atom stereocenters. The smallest absolute Gasteiger partial charge is 0.148 e. The molecule has 2 N–H and O–H groups in total. The topological polar surface area (TPSA) is 49.3 Å². The molecule has 82 valence electrons. The summed E-state index contributed by atoms with van der Waals surface area (Å²) < 4.78 is 0. The fraction of sp³-hybridized carbons (Fsp3) is 0.364. The summed E-state index contributed by atoms with van der Waals surface area (Å²) in [6, 6.07) is 7.04. The third-order valence-electron chi connectivity index (χ3n) is 2.71. The maximum absolute atomic E-state index is 11.2. The van der Waals surface area contributed by atoms with Gasteiger partial charge >= 0.3 is 0 Å². The van der Waals surface area contributed by atoms with Crippen LogP contribution in [0.15, 0.2) is 24.3 Å². The van der Waals surface area contributed by atoms with Crippen LogP contribution in [0.3, 0.4) is 0 Å². The summed E-state index contributed by atoms with van der Waals surface area (Å²) >= 11 is 0. The van der Waals surface area contributed by atoms with E-state index in [2.05, 4.69) is 5.32 Å². The van der Waals surface area contributed by atoms with Crippen LogP contribution in [0.1, 0.15) is 18.9 Å². The molecular weight excluding hydrogens is 214 g/mol. The summed E-state index contributed by atoms with van der Waals surface area (Å²) in [4.78, 5) is 11.2. The second-order valence-corrected chi connectivity index (χ2v) is 3.95. The summed E-state index contributed by atoms with van der Waals surface area (Å²) in [6.07, 6.45) is 0.496. The molecule has 4 heteroatoms. The van der Waals surface area contributed by atoms with Gasteiger partial charge in [0, 0.05) is 12.0 Å². The van der Waals surface area contributed by atoms with Crippen molar-refractivity contribution in [2.45, 2.75) is 18.9 Å². The molecule has 1 saturated heterocycles. The van der Waals surface area contributed by atoms with Crippen LogP contribution in [0.5, 0.6) is 5.75 Å². The number of hydrogen-bond acceptors (Lipinski definition) is 3. The number of aromatic hydroxyl groups is 1. The van der Waals surface area contributed by atoms with Crippen LogP contribution in [-0.2, 0) is 10.3 Å². The van der Waals surface area contributed by atoms with E-state index in [1.807, 2.05) is 13.0 Å². The first-order valence-corrected chi connectivity index (χ1v) is 4.66. The van der Waals surface area contributed by atoms with E-state index in [-0.39, 0.29) is 29.5 Å². The molecule has 0 amide bonds. The van der Waals surface area contributed by atoms with Gasteiger partial charge in [-0.05, 0) is 24.6 Å². The number of ketones is 1. The van der Waals surface area contributed by atoms with Gasteiger partial charge in [-0.2, -0.15) is 0 Å². The molecule has 1 unspecified atom stereocenters. The first kappa shape index (κ1) is 12.0. The summed E-state index contributed by atoms with van der Waals surface area (Å²) in [5, 5.41) is 12.5. The number of phenols is 1. The average Bonchev–Trinajstić information content (AvgIpc) is 2.48. The molecule has 0 spiro atoms. The zero-order chi connectivity index (χ0) is 10.2. The van der Waals surface area contributed by atoms with Crippen molar-refractivity contribution in [3.63, 3.8) is 0 Å². The second-order valence-electron chi connectivity index (χ2n) is 3.95. The molecular formula is C11H14ClNO2. The van der Waals surface area contributed by atoms with E-state index in [1.54, 1.807) is 18.2 Å². The zero-order valence-corrected chi connectivity index (χ0v) is 9.30. The lowest BCUT2D eigenvalue weighted by Gasteiger charge is -2.23. The number of Topliss-reactive ketones (excluding diaryl/α,β-unsaturated/α-hetero) is 1. The van der Waals surface area contributed by atoms with Crippen LogP contribution in [-0.4, -0.2) is 17.4 Å². The van der Waals surface area contributed by atoms with Gasteiger partial charge in [-0.1, -0.05) is 12.1 Å². The Morgan fingerprint density at radius 2 is 2.20 bits per heavy atom. The largest absolute Gasteiger partial charge is 0.508 e. The Bertz CT molecular complexity index is 381. The van der Waals surface area contributed by atoms with E-state index in [9.17, 15) is 9.90 Å². The summed E-state index contributed by atoms with van der Waals surface area (Å²) in [7, 11) is 0. The van der Waals surface area contributed by atoms with Gasteiger partial charge in [0.25, 0.3) is 0 Å². The number of benzene rings is 1. The van der Waals surface area contributed by atoms with Crippen molar-refractivity contribution in [3.8, 4) is 5.75 Å². The van der Waals surface area contributed by atoms with Gasteiger partial charge in [0.1, 0.15) is 11.5 Å². The monoisotopic (exact) mass is 227 g/mol. The highest BCUT2D eigenvalue weighted by Crippen LogP contribution is 2.30. The minimum Gasteiger partial charge on any atom is -0.508 e. The molecule has 0 bridgehead atoms. The summed E-state index contributed by atoms with van der Waals surface area (Å²) in [5.41, 5.74) is 0.652. The summed E-state index contributed by atoms with van der Waals surface area (Å²) in [6.45, 7) is 2.40. The normalized spacial score (nSPS) is 25.0. The highest BCUT2D eigenvalue weighted by molar-refractivity contribution is 5.85. The number of rotatable bonds is 1. The van der Waals surface area contributed by atoms with Crippen LogP contribution in [0, 0.1) is 0 Å². The van der Waals surface area contributed by atoms with Gasteiger partial charge in [-0.3, -0.25) is 4.79 Å². The molecule has 0 saturated carbocycles. The second kappa shape index (κ2) is 4.21. The molecule has 1 heterocycles. The number of carbonyl (C=O) groups is 1. The van der Waals surface area contributed by atoms with Gasteiger partial charge in [0.15, 0.2) is 0 Å². The fourth-order valence-electron chi connectivity index (χ4n) is 1.87. The number of halogens is 1. The van der Waals surface area contributed by atoms with Crippen molar-refractivity contribution in [3.05, 3.63) is 29.8 Å². The maximum Gasteiger partial charge on any atom is 0.148 e. The third-order valence-corrected chi connectivity index (χ3v) is 2.71. The van der Waals surface area contributed by atoms with Crippen molar-refractivity contribution in [2.24, 2.45) is 0 Å². The van der Waals surface area contributed by atoms with Crippen molar-refractivity contribution in [1.82, 2.24) is 5.32 Å². The average molecular weight is 228 g/mol. The number of hydrogen-bond donors (Lipinski definition) is 2. The first-order valence-electron chi connectivity index (χ1n) is 4.66. The van der Waals surface area contributed by atoms with Gasteiger partial charge < -0.3 is 10.4 Å². The van der Waals surface area contributed by atoms with Crippen LogP contribution < -0.4 is 5.32 Å².